The zero-order valence-electron chi connectivity index (χ0n) is 8.98. The van der Waals surface area contributed by atoms with Gasteiger partial charge >= 0.3 is 5.97 Å². The molecule has 1 N–H and O–H groups in total. The molecule has 1 saturated heterocycles. The van der Waals surface area contributed by atoms with Crippen LogP contribution >= 0.6 is 0 Å². The molecule has 1 aliphatic heterocycles. The molecule has 1 aliphatic carbocycles. The zero-order chi connectivity index (χ0) is 11.2. The number of hydrogen-bond donors (Lipinski definition) is 1. The lowest BCUT2D eigenvalue weighted by molar-refractivity contribution is -0.140. The molecule has 1 heterocycles. The van der Waals surface area contributed by atoms with Crippen LogP contribution in [0.4, 0.5) is 0 Å². The number of ether oxygens (including phenoxy) is 1. The third kappa shape index (κ3) is 1.35. The molecule has 16 heavy (non-hydrogen) atoms. The molecule has 0 radical (unpaired) electrons. The van der Waals surface area contributed by atoms with Gasteiger partial charge in [0.25, 0.3) is 0 Å². The maximum atomic E-state index is 11.2. The van der Waals surface area contributed by atoms with Crippen LogP contribution in [0.2, 0.25) is 0 Å². The summed E-state index contributed by atoms with van der Waals surface area (Å²) >= 11 is 0. The van der Waals surface area contributed by atoms with Gasteiger partial charge in [-0.25, -0.2) is 0 Å². The van der Waals surface area contributed by atoms with Gasteiger partial charge in [0.05, 0.1) is 18.6 Å². The average molecular weight is 218 g/mol. The Bertz CT molecular complexity index is 431. The Morgan fingerprint density at radius 1 is 1.38 bits per heavy atom. The van der Waals surface area contributed by atoms with Gasteiger partial charge < -0.3 is 9.84 Å². The second-order valence-corrected chi connectivity index (χ2v) is 4.75. The molecule has 0 atom stereocenters. The molecule has 1 saturated carbocycles. The summed E-state index contributed by atoms with van der Waals surface area (Å²) in [5.41, 5.74) is 1.60. The highest BCUT2D eigenvalue weighted by Gasteiger charge is 2.51. The number of aliphatic carboxylic acids is 1. The maximum Gasteiger partial charge on any atom is 0.314 e. The normalized spacial score (nSPS) is 22.5. The molecule has 3 rings (SSSR count). The highest BCUT2D eigenvalue weighted by atomic mass is 16.5. The van der Waals surface area contributed by atoms with Crippen molar-refractivity contribution in [3.05, 3.63) is 35.4 Å². The number of hydrogen-bond acceptors (Lipinski definition) is 2. The third-order valence-corrected chi connectivity index (χ3v) is 3.71. The quantitative estimate of drug-likeness (QED) is 0.843. The van der Waals surface area contributed by atoms with Crippen LogP contribution in [0, 0.1) is 0 Å². The van der Waals surface area contributed by atoms with Gasteiger partial charge in [-0.05, 0) is 24.0 Å². The van der Waals surface area contributed by atoms with E-state index in [2.05, 4.69) is 6.07 Å². The minimum atomic E-state index is -0.686. The number of rotatable bonds is 3. The highest BCUT2D eigenvalue weighted by molar-refractivity contribution is 5.84. The molecule has 3 heteroatoms. The van der Waals surface area contributed by atoms with Gasteiger partial charge in [0.1, 0.15) is 0 Å². The van der Waals surface area contributed by atoms with Crippen molar-refractivity contribution < 1.29 is 14.6 Å². The van der Waals surface area contributed by atoms with Gasteiger partial charge in [0, 0.05) is 5.92 Å². The van der Waals surface area contributed by atoms with Crippen molar-refractivity contribution in [2.24, 2.45) is 0 Å². The summed E-state index contributed by atoms with van der Waals surface area (Å²) in [7, 11) is 0. The van der Waals surface area contributed by atoms with Crippen molar-refractivity contribution in [1.82, 2.24) is 0 Å². The average Bonchev–Trinajstić information content (AvgIpc) is 2.95. The van der Waals surface area contributed by atoms with E-state index in [1.54, 1.807) is 0 Å². The van der Waals surface area contributed by atoms with Crippen molar-refractivity contribution in [2.75, 3.05) is 13.2 Å². The molecular formula is C13H14O3. The van der Waals surface area contributed by atoms with Gasteiger partial charge in [-0.15, -0.1) is 0 Å². The lowest BCUT2D eigenvalue weighted by Crippen LogP contribution is -2.26. The second-order valence-electron chi connectivity index (χ2n) is 4.75. The first-order valence-electron chi connectivity index (χ1n) is 5.64. The van der Waals surface area contributed by atoms with Crippen LogP contribution in [0.5, 0.6) is 0 Å². The Balaban J connectivity index is 1.93. The number of carboxylic acid groups (broad SMARTS) is 1. The molecule has 0 aromatic heterocycles. The van der Waals surface area contributed by atoms with E-state index >= 15 is 0 Å². The summed E-state index contributed by atoms with van der Waals surface area (Å²) in [6.07, 6.45) is 1.54. The van der Waals surface area contributed by atoms with E-state index < -0.39 is 11.4 Å². The predicted octanol–water partition coefficient (Wildman–Crippen LogP) is 1.92. The molecule has 0 amide bonds. The number of carboxylic acids is 1. The van der Waals surface area contributed by atoms with E-state index in [1.165, 1.54) is 5.56 Å². The number of carbonyl (C=O) groups is 1. The van der Waals surface area contributed by atoms with Crippen LogP contribution in [0.25, 0.3) is 0 Å². The largest absolute Gasteiger partial charge is 0.481 e. The first-order valence-corrected chi connectivity index (χ1v) is 5.64. The SMILES string of the molecule is O=C(O)C1(c2cccc(C3COC3)c2)CC1. The van der Waals surface area contributed by atoms with E-state index in [9.17, 15) is 9.90 Å². The fourth-order valence-electron chi connectivity index (χ4n) is 2.27. The molecular weight excluding hydrogens is 204 g/mol. The van der Waals surface area contributed by atoms with Crippen molar-refractivity contribution >= 4 is 5.97 Å². The Labute approximate surface area is 94.0 Å². The van der Waals surface area contributed by atoms with E-state index in [-0.39, 0.29) is 0 Å². The van der Waals surface area contributed by atoms with Gasteiger partial charge in [-0.3, -0.25) is 4.79 Å². The van der Waals surface area contributed by atoms with Gasteiger partial charge in [-0.2, -0.15) is 0 Å². The Morgan fingerprint density at radius 2 is 2.12 bits per heavy atom. The van der Waals surface area contributed by atoms with Crippen LogP contribution in [0.15, 0.2) is 24.3 Å². The smallest absolute Gasteiger partial charge is 0.314 e. The Hall–Kier alpha value is -1.35. The lowest BCUT2D eigenvalue weighted by Gasteiger charge is -2.27. The molecule has 2 fully saturated rings. The van der Waals surface area contributed by atoms with E-state index in [1.807, 2.05) is 18.2 Å². The second kappa shape index (κ2) is 3.32. The maximum absolute atomic E-state index is 11.2. The van der Waals surface area contributed by atoms with Crippen molar-refractivity contribution in [1.29, 1.82) is 0 Å². The van der Waals surface area contributed by atoms with Crippen molar-refractivity contribution in [3.8, 4) is 0 Å². The summed E-state index contributed by atoms with van der Waals surface area (Å²) < 4.78 is 5.16. The highest BCUT2D eigenvalue weighted by Crippen LogP contribution is 2.48. The lowest BCUT2D eigenvalue weighted by atomic mass is 9.90. The summed E-state index contributed by atoms with van der Waals surface area (Å²) in [5.74, 6) is -0.223. The minimum absolute atomic E-state index is 0.463. The molecule has 0 unspecified atom stereocenters. The van der Waals surface area contributed by atoms with Crippen LogP contribution in [0.1, 0.15) is 29.9 Å². The van der Waals surface area contributed by atoms with Gasteiger partial charge in [-0.1, -0.05) is 24.3 Å². The molecule has 2 aliphatic rings. The van der Waals surface area contributed by atoms with Crippen molar-refractivity contribution in [3.63, 3.8) is 0 Å². The van der Waals surface area contributed by atoms with Crippen molar-refractivity contribution in [2.45, 2.75) is 24.2 Å². The minimum Gasteiger partial charge on any atom is -0.481 e. The van der Waals surface area contributed by atoms with Crippen LogP contribution in [-0.2, 0) is 14.9 Å². The topological polar surface area (TPSA) is 46.5 Å². The summed E-state index contributed by atoms with van der Waals surface area (Å²) in [4.78, 5) is 11.2. The fourth-order valence-corrected chi connectivity index (χ4v) is 2.27. The summed E-state index contributed by atoms with van der Waals surface area (Å²) in [6.45, 7) is 1.53. The molecule has 1 aromatic carbocycles. The van der Waals surface area contributed by atoms with Crippen LogP contribution < -0.4 is 0 Å². The van der Waals surface area contributed by atoms with E-state index in [4.69, 9.17) is 4.74 Å². The van der Waals surface area contributed by atoms with Crippen LogP contribution in [-0.4, -0.2) is 24.3 Å². The molecule has 3 nitrogen and oxygen atoms in total. The standard InChI is InChI=1S/C13H14O3/c14-12(15)13(4-5-13)11-3-1-2-9(6-11)10-7-16-8-10/h1-3,6,10H,4-5,7-8H2,(H,14,15). The summed E-state index contributed by atoms with van der Waals surface area (Å²) in [5, 5.41) is 9.23. The molecule has 0 spiro atoms. The monoisotopic (exact) mass is 218 g/mol. The predicted molar refractivity (Wildman–Crippen MR) is 58.5 cm³/mol. The van der Waals surface area contributed by atoms with E-state index in [0.717, 1.165) is 31.6 Å². The van der Waals surface area contributed by atoms with Gasteiger partial charge in [0.2, 0.25) is 0 Å². The first kappa shape index (κ1) is 9.85. The molecule has 84 valence electrons. The van der Waals surface area contributed by atoms with Gasteiger partial charge in [0.15, 0.2) is 0 Å². The third-order valence-electron chi connectivity index (χ3n) is 3.71. The van der Waals surface area contributed by atoms with E-state index in [0.29, 0.717) is 5.92 Å². The Morgan fingerprint density at radius 3 is 2.62 bits per heavy atom. The fraction of sp³-hybridized carbons (Fsp3) is 0.462. The molecule has 1 aromatic rings. The number of benzene rings is 1. The first-order chi connectivity index (χ1) is 7.72. The zero-order valence-corrected chi connectivity index (χ0v) is 8.98. The Kier molecular flexibility index (Phi) is 2.04. The summed E-state index contributed by atoms with van der Waals surface area (Å²) in [6, 6.07) is 8.01. The van der Waals surface area contributed by atoms with Crippen LogP contribution in [0.3, 0.4) is 0 Å². The molecule has 0 bridgehead atoms.